The largest absolute Gasteiger partial charge is 0.477 e. The summed E-state index contributed by atoms with van der Waals surface area (Å²) in [4.78, 5) is 66.3. The number of ketones is 1. The second-order valence-electron chi connectivity index (χ2n) is 13.7. The zero-order valence-corrected chi connectivity index (χ0v) is 27.6. The van der Waals surface area contributed by atoms with Crippen LogP contribution in [0.15, 0.2) is 23.4 Å². The Labute approximate surface area is 263 Å². The van der Waals surface area contributed by atoms with Gasteiger partial charge in [-0.15, -0.1) is 0 Å². The van der Waals surface area contributed by atoms with Gasteiger partial charge in [-0.25, -0.2) is 4.79 Å². The predicted molar refractivity (Wildman–Crippen MR) is 162 cm³/mol. The quantitative estimate of drug-likeness (QED) is 0.156. The zero-order valence-electron chi connectivity index (χ0n) is 26.8. The van der Waals surface area contributed by atoms with E-state index in [2.05, 4.69) is 0 Å². The zero-order chi connectivity index (χ0) is 33.5. The lowest BCUT2D eigenvalue weighted by atomic mass is 9.77. The number of likely N-dealkylation sites (N-methyl/N-ethyl adjacent to an activating group) is 1. The molecule has 0 aromatic heterocycles. The van der Waals surface area contributed by atoms with Crippen molar-refractivity contribution in [3.05, 3.63) is 34.0 Å². The number of rotatable bonds is 11. The number of aliphatic carboxylic acids is 1. The summed E-state index contributed by atoms with van der Waals surface area (Å²) in [7, 11) is 1.79. The van der Waals surface area contributed by atoms with Crippen molar-refractivity contribution in [3.8, 4) is 11.5 Å². The number of aliphatic hydroxyl groups is 1. The fraction of sp³-hybridized carbons (Fsp3) is 0.594. The highest BCUT2D eigenvalue weighted by Gasteiger charge is 2.59. The van der Waals surface area contributed by atoms with E-state index in [4.69, 9.17) is 21.1 Å². The molecule has 2 N–H and O–H groups in total. The van der Waals surface area contributed by atoms with Crippen LogP contribution in [-0.4, -0.2) is 81.9 Å². The number of amides is 1. The second kappa shape index (κ2) is 13.0. The first kappa shape index (κ1) is 35.2. The Kier molecular flexibility index (Phi) is 10.4. The van der Waals surface area contributed by atoms with Gasteiger partial charge in [0.15, 0.2) is 17.3 Å². The van der Waals surface area contributed by atoms with E-state index in [0.29, 0.717) is 18.5 Å². The molecule has 1 fully saturated rings. The maximum absolute atomic E-state index is 13.2. The van der Waals surface area contributed by atoms with Gasteiger partial charge in [0.2, 0.25) is 5.91 Å². The fourth-order valence-corrected chi connectivity index (χ4v) is 5.60. The number of carboxylic acids is 1. The summed E-state index contributed by atoms with van der Waals surface area (Å²) in [5.41, 5.74) is -1.08. The SMILES string of the molecule is C[C@@H](O)[C@H]1C(=O)N2C(C(=O)O)=C(CN(C)CCCC(=O)c3ccc(OC(=O)C(C)(C)C)c(OC(=O)C(C)(C)C)c3Cl)[C@H](C)[C@H]12. The van der Waals surface area contributed by atoms with Crippen LogP contribution in [-0.2, 0) is 19.2 Å². The van der Waals surface area contributed by atoms with E-state index < -0.39 is 46.8 Å². The Morgan fingerprint density at radius 2 is 1.61 bits per heavy atom. The Hall–Kier alpha value is -3.28. The molecular weight excluding hydrogens is 592 g/mol. The van der Waals surface area contributed by atoms with Gasteiger partial charge in [-0.1, -0.05) is 18.5 Å². The fourth-order valence-electron chi connectivity index (χ4n) is 5.30. The number of carbonyl (C=O) groups excluding carboxylic acids is 4. The van der Waals surface area contributed by atoms with Crippen molar-refractivity contribution in [1.82, 2.24) is 9.80 Å². The number of halogens is 1. The lowest BCUT2D eigenvalue weighted by molar-refractivity contribution is -0.163. The third kappa shape index (κ3) is 7.16. The molecule has 1 amide bonds. The van der Waals surface area contributed by atoms with Crippen molar-refractivity contribution in [3.63, 3.8) is 0 Å². The number of esters is 2. The molecule has 2 aliphatic rings. The number of carboxylic acid groups (broad SMARTS) is 1. The molecule has 12 heteroatoms. The molecule has 242 valence electrons. The van der Waals surface area contributed by atoms with Gasteiger partial charge in [-0.05, 0) is 86.2 Å². The molecule has 0 aliphatic carbocycles. The first-order valence-corrected chi connectivity index (χ1v) is 15.0. The average Bonchev–Trinajstić information content (AvgIpc) is 3.12. The molecule has 0 spiro atoms. The predicted octanol–water partition coefficient (Wildman–Crippen LogP) is 4.33. The van der Waals surface area contributed by atoms with E-state index in [0.717, 1.165) is 0 Å². The molecule has 0 saturated carbocycles. The van der Waals surface area contributed by atoms with Crippen molar-refractivity contribution < 1.29 is 43.7 Å². The third-order valence-electron chi connectivity index (χ3n) is 7.89. The van der Waals surface area contributed by atoms with Gasteiger partial charge in [0, 0.05) is 24.4 Å². The third-order valence-corrected chi connectivity index (χ3v) is 8.26. The number of hydrogen-bond donors (Lipinski definition) is 2. The van der Waals surface area contributed by atoms with Gasteiger partial charge in [0.1, 0.15) is 5.70 Å². The number of fused-ring (bicyclic) bond motifs is 1. The van der Waals surface area contributed by atoms with E-state index in [1.54, 1.807) is 48.6 Å². The first-order chi connectivity index (χ1) is 20.2. The van der Waals surface area contributed by atoms with Gasteiger partial charge in [0.05, 0.1) is 33.9 Å². The summed E-state index contributed by atoms with van der Waals surface area (Å²) >= 11 is 6.58. The summed E-state index contributed by atoms with van der Waals surface area (Å²) in [6.45, 7) is 14.1. The molecule has 44 heavy (non-hydrogen) atoms. The maximum atomic E-state index is 13.2. The Morgan fingerprint density at radius 3 is 2.14 bits per heavy atom. The highest BCUT2D eigenvalue weighted by atomic mass is 35.5. The molecule has 2 heterocycles. The standard InChI is InChI=1S/C32H43ClN2O9/c1-16-19(25(28(39)40)35-24(16)22(17(2)36)27(35)38)15-34(9)14-10-11-20(37)18-12-13-21(43-29(41)31(3,4)5)26(23(18)33)44-30(42)32(6,7)8/h12-13,16-17,22,24,36H,10-11,14-15H2,1-9H3,(H,39,40)/t16-,17+,22+,24+/m0/s1. The van der Waals surface area contributed by atoms with Crippen LogP contribution in [0.5, 0.6) is 11.5 Å². The summed E-state index contributed by atoms with van der Waals surface area (Å²) in [6.07, 6.45) is -0.404. The number of nitrogens with zero attached hydrogens (tertiary/aromatic N) is 2. The monoisotopic (exact) mass is 634 g/mol. The molecule has 1 aromatic rings. The Bertz CT molecular complexity index is 1390. The molecule has 0 bridgehead atoms. The minimum Gasteiger partial charge on any atom is -0.477 e. The molecule has 1 saturated heterocycles. The summed E-state index contributed by atoms with van der Waals surface area (Å²) in [5, 5.41) is 19.8. The molecule has 2 aliphatic heterocycles. The lowest BCUT2D eigenvalue weighted by Crippen LogP contribution is -2.63. The Morgan fingerprint density at radius 1 is 1.05 bits per heavy atom. The average molecular weight is 635 g/mol. The van der Waals surface area contributed by atoms with Crippen molar-refractivity contribution in [2.24, 2.45) is 22.7 Å². The van der Waals surface area contributed by atoms with E-state index in [1.165, 1.54) is 24.0 Å². The van der Waals surface area contributed by atoms with Crippen LogP contribution in [0, 0.1) is 22.7 Å². The number of β-lactam (4-membered cyclic amide) rings is 1. The molecule has 0 radical (unpaired) electrons. The van der Waals surface area contributed by atoms with Gasteiger partial charge < -0.3 is 29.5 Å². The van der Waals surface area contributed by atoms with Crippen LogP contribution in [0.3, 0.4) is 0 Å². The highest BCUT2D eigenvalue weighted by Crippen LogP contribution is 2.47. The van der Waals surface area contributed by atoms with E-state index in [9.17, 15) is 34.2 Å². The number of aliphatic hydroxyl groups excluding tert-OH is 1. The number of hydrogen-bond acceptors (Lipinski definition) is 9. The topological polar surface area (TPSA) is 151 Å². The maximum Gasteiger partial charge on any atom is 0.352 e. The highest BCUT2D eigenvalue weighted by molar-refractivity contribution is 6.35. The van der Waals surface area contributed by atoms with Crippen molar-refractivity contribution >= 4 is 41.2 Å². The summed E-state index contributed by atoms with van der Waals surface area (Å²) < 4.78 is 11.0. The minimum absolute atomic E-state index is 0.0382. The number of ether oxygens (including phenoxy) is 2. The van der Waals surface area contributed by atoms with Crippen molar-refractivity contribution in [1.29, 1.82) is 0 Å². The van der Waals surface area contributed by atoms with Gasteiger partial charge >= 0.3 is 17.9 Å². The van der Waals surface area contributed by atoms with Gasteiger partial charge in [0.25, 0.3) is 0 Å². The van der Waals surface area contributed by atoms with Crippen molar-refractivity contribution in [2.75, 3.05) is 20.1 Å². The minimum atomic E-state index is -1.19. The summed E-state index contributed by atoms with van der Waals surface area (Å²) in [6, 6.07) is 2.42. The smallest absolute Gasteiger partial charge is 0.352 e. The van der Waals surface area contributed by atoms with Crippen LogP contribution in [0.4, 0.5) is 0 Å². The molecule has 3 rings (SSSR count). The van der Waals surface area contributed by atoms with Crippen molar-refractivity contribution in [2.45, 2.75) is 80.4 Å². The lowest BCUT2D eigenvalue weighted by Gasteiger charge is -2.46. The number of carbonyl (C=O) groups is 5. The van der Waals surface area contributed by atoms with Crippen LogP contribution in [0.2, 0.25) is 5.02 Å². The van der Waals surface area contributed by atoms with Crippen LogP contribution >= 0.6 is 11.6 Å². The summed E-state index contributed by atoms with van der Waals surface area (Å²) in [5.74, 6) is -4.26. The number of Topliss-reactive ketones (excluding diaryl/α,β-unsaturated/α-hetero) is 1. The molecule has 4 atom stereocenters. The van der Waals surface area contributed by atoms with E-state index in [1.807, 2.05) is 11.8 Å². The Balaban J connectivity index is 1.73. The van der Waals surface area contributed by atoms with E-state index >= 15 is 0 Å². The van der Waals surface area contributed by atoms with Crippen LogP contribution in [0.25, 0.3) is 0 Å². The van der Waals surface area contributed by atoms with Gasteiger partial charge in [-0.3, -0.25) is 19.2 Å². The molecule has 1 aromatic carbocycles. The van der Waals surface area contributed by atoms with E-state index in [-0.39, 0.29) is 58.4 Å². The molecule has 0 unspecified atom stereocenters. The number of benzene rings is 1. The second-order valence-corrected chi connectivity index (χ2v) is 14.1. The van der Waals surface area contributed by atoms with Gasteiger partial charge in [-0.2, -0.15) is 0 Å². The molecular formula is C32H43ClN2O9. The van der Waals surface area contributed by atoms with Crippen LogP contribution < -0.4 is 9.47 Å². The normalized spacial score (nSPS) is 20.8. The first-order valence-electron chi connectivity index (χ1n) is 14.6. The molecule has 11 nitrogen and oxygen atoms in total. The van der Waals surface area contributed by atoms with Crippen LogP contribution in [0.1, 0.15) is 78.6 Å².